The van der Waals surface area contributed by atoms with E-state index in [9.17, 15) is 27.2 Å². The number of benzene rings is 5. The topological polar surface area (TPSA) is 76.7 Å². The molecule has 0 spiro atoms. The molecule has 0 saturated carbocycles. The Morgan fingerprint density at radius 1 is 0.476 bits per heavy atom. The third-order valence-corrected chi connectivity index (χ3v) is 5.88. The summed E-state index contributed by atoms with van der Waals surface area (Å²) in [5.74, 6) is -11.3. The highest BCUT2D eigenvalue weighted by Gasteiger charge is 2.29. The second-order valence-electron chi connectivity index (χ2n) is 8.81. The molecule has 6 nitrogen and oxygen atoms in total. The maximum absolute atomic E-state index is 14.9. The summed E-state index contributed by atoms with van der Waals surface area (Å²) < 4.78 is 70.1. The first kappa shape index (κ1) is 27.9. The Kier molecular flexibility index (Phi) is 8.14. The van der Waals surface area contributed by atoms with Crippen LogP contribution in [0.1, 0.15) is 20.7 Å². The predicted octanol–water partition coefficient (Wildman–Crippen LogP) is 8.33. The van der Waals surface area contributed by atoms with E-state index in [2.05, 4.69) is 10.6 Å². The molecular formula is C32H20F4N2O4. The molecule has 0 radical (unpaired) electrons. The van der Waals surface area contributed by atoms with Crippen LogP contribution in [0.15, 0.2) is 109 Å². The van der Waals surface area contributed by atoms with Crippen LogP contribution in [0.3, 0.4) is 0 Å². The number of carbonyl (C=O) groups is 2. The minimum absolute atomic E-state index is 0.201. The van der Waals surface area contributed by atoms with Crippen LogP contribution in [0.25, 0.3) is 0 Å². The maximum atomic E-state index is 14.9. The summed E-state index contributed by atoms with van der Waals surface area (Å²) in [5.41, 5.74) is 1.15. The highest BCUT2D eigenvalue weighted by molar-refractivity contribution is 6.04. The summed E-state index contributed by atoms with van der Waals surface area (Å²) >= 11 is 0. The summed E-state index contributed by atoms with van der Waals surface area (Å²) in [6.07, 6.45) is 0. The summed E-state index contributed by atoms with van der Waals surface area (Å²) in [6, 6.07) is 27.4. The van der Waals surface area contributed by atoms with Crippen molar-refractivity contribution in [1.29, 1.82) is 0 Å². The summed E-state index contributed by atoms with van der Waals surface area (Å²) in [7, 11) is 0. The lowest BCUT2D eigenvalue weighted by atomic mass is 10.2. The normalized spacial score (nSPS) is 10.6. The first-order valence-corrected chi connectivity index (χ1v) is 12.4. The largest absolute Gasteiger partial charge is 0.451 e. The van der Waals surface area contributed by atoms with Crippen molar-refractivity contribution in [3.8, 4) is 23.0 Å². The molecule has 0 unspecified atom stereocenters. The quantitative estimate of drug-likeness (QED) is 0.145. The SMILES string of the molecule is O=C(Nc1cccc(Oc2c(F)c(F)c(Oc3cccc(NC(=O)c4ccccc4)c3)c(F)c2F)c1)c1ccccc1. The number of nitrogens with one attached hydrogen (secondary N) is 2. The van der Waals surface area contributed by atoms with Crippen LogP contribution in [0, 0.1) is 23.3 Å². The van der Waals surface area contributed by atoms with Gasteiger partial charge < -0.3 is 20.1 Å². The van der Waals surface area contributed by atoms with E-state index in [0.717, 1.165) is 0 Å². The number of carbonyl (C=O) groups excluding carboxylic acids is 2. The van der Waals surface area contributed by atoms with Gasteiger partial charge in [-0.2, -0.15) is 17.6 Å². The number of hydrogen-bond acceptors (Lipinski definition) is 4. The average molecular weight is 573 g/mol. The summed E-state index contributed by atoms with van der Waals surface area (Å²) in [5, 5.41) is 5.19. The fourth-order valence-corrected chi connectivity index (χ4v) is 3.87. The fourth-order valence-electron chi connectivity index (χ4n) is 3.87. The number of hydrogen-bond donors (Lipinski definition) is 2. The lowest BCUT2D eigenvalue weighted by Crippen LogP contribution is -2.11. The minimum Gasteiger partial charge on any atom is -0.451 e. The van der Waals surface area contributed by atoms with E-state index in [1.54, 1.807) is 60.7 Å². The third kappa shape index (κ3) is 6.23. The van der Waals surface area contributed by atoms with Crippen molar-refractivity contribution in [2.75, 3.05) is 10.6 Å². The van der Waals surface area contributed by atoms with Crippen molar-refractivity contribution in [2.45, 2.75) is 0 Å². The molecule has 210 valence electrons. The monoisotopic (exact) mass is 572 g/mol. The molecule has 0 aliphatic carbocycles. The van der Waals surface area contributed by atoms with Gasteiger partial charge in [-0.05, 0) is 48.5 Å². The van der Waals surface area contributed by atoms with Crippen LogP contribution in [0.5, 0.6) is 23.0 Å². The molecule has 0 aliphatic heterocycles. The highest BCUT2D eigenvalue weighted by Crippen LogP contribution is 2.39. The van der Waals surface area contributed by atoms with Gasteiger partial charge >= 0.3 is 0 Å². The first-order valence-electron chi connectivity index (χ1n) is 12.4. The third-order valence-electron chi connectivity index (χ3n) is 5.88. The van der Waals surface area contributed by atoms with Crippen molar-refractivity contribution in [3.05, 3.63) is 144 Å². The zero-order valence-electron chi connectivity index (χ0n) is 21.5. The van der Waals surface area contributed by atoms with Gasteiger partial charge in [-0.1, -0.05) is 48.5 Å². The van der Waals surface area contributed by atoms with Crippen molar-refractivity contribution in [3.63, 3.8) is 0 Å². The fraction of sp³-hybridized carbons (Fsp3) is 0. The molecule has 5 aromatic rings. The molecule has 0 fully saturated rings. The van der Waals surface area contributed by atoms with Crippen molar-refractivity contribution < 1.29 is 36.6 Å². The Bertz CT molecular complexity index is 1610. The molecule has 42 heavy (non-hydrogen) atoms. The zero-order chi connectivity index (χ0) is 29.6. The Balaban J connectivity index is 1.34. The van der Waals surface area contributed by atoms with E-state index in [4.69, 9.17) is 9.47 Å². The first-order chi connectivity index (χ1) is 20.3. The summed E-state index contributed by atoms with van der Waals surface area (Å²) in [4.78, 5) is 24.8. The molecule has 2 N–H and O–H groups in total. The molecule has 5 rings (SSSR count). The predicted molar refractivity (Wildman–Crippen MR) is 148 cm³/mol. The van der Waals surface area contributed by atoms with Gasteiger partial charge in [-0.25, -0.2) is 0 Å². The molecule has 2 amide bonds. The number of rotatable bonds is 8. The summed E-state index contributed by atoms with van der Waals surface area (Å²) in [6.45, 7) is 0. The lowest BCUT2D eigenvalue weighted by molar-refractivity contribution is 0.101. The standard InChI is InChI=1S/C32H20F4N2O4/c33-25-27(35)30(42-24-16-8-14-22(18-24)38-32(40)20-11-5-2-6-12-20)28(36)26(34)29(25)41-23-15-7-13-21(17-23)37-31(39)19-9-3-1-4-10-19/h1-18H,(H,37,39)(H,38,40). The van der Waals surface area contributed by atoms with E-state index in [-0.39, 0.29) is 22.9 Å². The van der Waals surface area contributed by atoms with Crippen LogP contribution in [-0.2, 0) is 0 Å². The van der Waals surface area contributed by atoms with E-state index in [1.807, 2.05) is 0 Å². The van der Waals surface area contributed by atoms with Crippen molar-refractivity contribution in [1.82, 2.24) is 0 Å². The number of ether oxygens (including phenoxy) is 2. The molecule has 0 atom stereocenters. The number of anilines is 2. The Morgan fingerprint density at radius 2 is 0.833 bits per heavy atom. The molecule has 0 aliphatic rings. The number of halogens is 4. The van der Waals surface area contributed by atoms with Gasteiger partial charge in [-0.3, -0.25) is 9.59 Å². The van der Waals surface area contributed by atoms with Crippen LogP contribution in [-0.4, -0.2) is 11.8 Å². The second kappa shape index (κ2) is 12.3. The molecule has 0 heterocycles. The van der Waals surface area contributed by atoms with Gasteiger partial charge in [0.25, 0.3) is 11.8 Å². The van der Waals surface area contributed by atoms with Gasteiger partial charge in [0.15, 0.2) is 0 Å². The van der Waals surface area contributed by atoms with Crippen LogP contribution in [0.4, 0.5) is 28.9 Å². The minimum atomic E-state index is -1.84. The van der Waals surface area contributed by atoms with Crippen molar-refractivity contribution in [2.24, 2.45) is 0 Å². The van der Waals surface area contributed by atoms with E-state index < -0.39 is 46.6 Å². The smallest absolute Gasteiger partial charge is 0.255 e. The number of amides is 2. The van der Waals surface area contributed by atoms with Gasteiger partial charge in [0.2, 0.25) is 34.8 Å². The van der Waals surface area contributed by atoms with E-state index in [1.165, 1.54) is 48.5 Å². The molecule has 0 saturated heterocycles. The van der Waals surface area contributed by atoms with Crippen LogP contribution < -0.4 is 20.1 Å². The second-order valence-corrected chi connectivity index (χ2v) is 8.81. The molecule has 10 heteroatoms. The van der Waals surface area contributed by atoms with Gasteiger partial charge in [0.1, 0.15) is 11.5 Å². The Hall–Kier alpha value is -5.64. The zero-order valence-corrected chi connectivity index (χ0v) is 21.5. The molecule has 5 aromatic carbocycles. The Morgan fingerprint density at radius 3 is 1.19 bits per heavy atom. The highest BCUT2D eigenvalue weighted by atomic mass is 19.2. The van der Waals surface area contributed by atoms with Gasteiger partial charge in [0, 0.05) is 34.6 Å². The average Bonchev–Trinajstić information content (AvgIpc) is 3.02. The Labute approximate surface area is 237 Å². The lowest BCUT2D eigenvalue weighted by Gasteiger charge is -2.15. The maximum Gasteiger partial charge on any atom is 0.255 e. The van der Waals surface area contributed by atoms with Crippen LogP contribution in [0.2, 0.25) is 0 Å². The molecule has 0 bridgehead atoms. The van der Waals surface area contributed by atoms with Crippen molar-refractivity contribution >= 4 is 23.2 Å². The van der Waals surface area contributed by atoms with E-state index in [0.29, 0.717) is 11.1 Å². The van der Waals surface area contributed by atoms with E-state index >= 15 is 0 Å². The van der Waals surface area contributed by atoms with Gasteiger partial charge in [-0.15, -0.1) is 0 Å². The molecular weight excluding hydrogens is 552 g/mol. The molecule has 0 aromatic heterocycles. The van der Waals surface area contributed by atoms with Crippen LogP contribution >= 0.6 is 0 Å². The van der Waals surface area contributed by atoms with Gasteiger partial charge in [0.05, 0.1) is 0 Å².